The number of hydrogen-bond acceptors (Lipinski definition) is 7. The van der Waals surface area contributed by atoms with Gasteiger partial charge in [0, 0.05) is 17.3 Å². The zero-order valence-electron chi connectivity index (χ0n) is 19.4. The first-order chi connectivity index (χ1) is 17.8. The van der Waals surface area contributed by atoms with Gasteiger partial charge < -0.3 is 15.0 Å². The molecule has 0 radical (unpaired) electrons. The first-order valence-electron chi connectivity index (χ1n) is 12.0. The van der Waals surface area contributed by atoms with Crippen molar-refractivity contribution in [1.82, 2.24) is 35.5 Å². The molecule has 0 aliphatic carbocycles. The van der Waals surface area contributed by atoms with Gasteiger partial charge in [0.15, 0.2) is 11.5 Å². The van der Waals surface area contributed by atoms with Crippen LogP contribution in [-0.2, 0) is 0 Å². The predicted molar refractivity (Wildman–Crippen MR) is 142 cm³/mol. The molecule has 6 aromatic rings. The van der Waals surface area contributed by atoms with Crippen LogP contribution in [0.25, 0.3) is 56.0 Å². The minimum absolute atomic E-state index is 0.214. The maximum atomic E-state index is 6.20. The number of aromatic amines is 2. The lowest BCUT2D eigenvalue weighted by atomic mass is 10.1. The zero-order valence-corrected chi connectivity index (χ0v) is 20.2. The maximum absolute atomic E-state index is 6.20. The molecule has 5 aromatic heterocycles. The van der Waals surface area contributed by atoms with E-state index in [1.54, 1.807) is 17.5 Å². The summed E-state index contributed by atoms with van der Waals surface area (Å²) in [5.74, 6) is 1.46. The highest BCUT2D eigenvalue weighted by Crippen LogP contribution is 2.33. The number of fused-ring (bicyclic) bond motifs is 2. The topological polar surface area (TPSA) is 104 Å². The Labute approximate surface area is 210 Å². The van der Waals surface area contributed by atoms with Gasteiger partial charge in [0.05, 0.1) is 28.4 Å². The molecule has 0 amide bonds. The number of imidazole rings is 1. The summed E-state index contributed by atoms with van der Waals surface area (Å²) in [5.41, 5.74) is 8.16. The molecule has 0 unspecified atom stereocenters. The number of pyridine rings is 2. The number of ether oxygens (including phenoxy) is 1. The van der Waals surface area contributed by atoms with Gasteiger partial charge in [-0.1, -0.05) is 12.1 Å². The number of thiophene rings is 1. The van der Waals surface area contributed by atoms with Gasteiger partial charge >= 0.3 is 0 Å². The lowest BCUT2D eigenvalue weighted by Gasteiger charge is -2.23. The summed E-state index contributed by atoms with van der Waals surface area (Å²) in [7, 11) is 0. The molecule has 3 N–H and O–H groups in total. The number of benzene rings is 1. The Balaban J connectivity index is 1.26. The smallest absolute Gasteiger partial charge is 0.161 e. The minimum atomic E-state index is 0.214. The summed E-state index contributed by atoms with van der Waals surface area (Å²) >= 11 is 1.68. The molecular weight excluding hydrogens is 470 g/mol. The summed E-state index contributed by atoms with van der Waals surface area (Å²) in [5, 5.41) is 15.2. The van der Waals surface area contributed by atoms with Gasteiger partial charge in [-0.2, -0.15) is 16.4 Å². The number of H-pyrrole nitrogens is 2. The van der Waals surface area contributed by atoms with E-state index in [1.165, 1.54) is 0 Å². The molecule has 1 aliphatic heterocycles. The molecule has 36 heavy (non-hydrogen) atoms. The summed E-state index contributed by atoms with van der Waals surface area (Å²) < 4.78 is 6.20. The van der Waals surface area contributed by atoms with Gasteiger partial charge in [0.25, 0.3) is 0 Å². The van der Waals surface area contributed by atoms with Crippen LogP contribution in [0.15, 0.2) is 65.6 Å². The number of para-hydroxylation sites is 1. The molecule has 8 nitrogen and oxygen atoms in total. The maximum Gasteiger partial charge on any atom is 0.161 e. The second-order valence-corrected chi connectivity index (χ2v) is 9.72. The highest BCUT2D eigenvalue weighted by Gasteiger charge is 2.18. The van der Waals surface area contributed by atoms with Crippen LogP contribution in [0.3, 0.4) is 0 Å². The molecule has 1 fully saturated rings. The normalized spacial score (nSPS) is 14.6. The summed E-state index contributed by atoms with van der Waals surface area (Å²) in [6, 6.07) is 14.3. The zero-order chi connectivity index (χ0) is 23.9. The number of hydrogen-bond donors (Lipinski definition) is 3. The molecule has 0 saturated carbocycles. The van der Waals surface area contributed by atoms with Crippen molar-refractivity contribution in [3.05, 3.63) is 65.6 Å². The van der Waals surface area contributed by atoms with Crippen LogP contribution in [0, 0.1) is 0 Å². The van der Waals surface area contributed by atoms with E-state index in [0.717, 1.165) is 76.1 Å². The average Bonchev–Trinajstić information content (AvgIpc) is 3.68. The number of aromatic nitrogens is 6. The van der Waals surface area contributed by atoms with Crippen LogP contribution in [0.2, 0.25) is 0 Å². The quantitative estimate of drug-likeness (QED) is 0.296. The monoisotopic (exact) mass is 493 g/mol. The first-order valence-corrected chi connectivity index (χ1v) is 13.0. The largest absolute Gasteiger partial charge is 0.489 e. The van der Waals surface area contributed by atoms with Crippen LogP contribution in [0.1, 0.15) is 12.8 Å². The molecule has 0 spiro atoms. The molecule has 9 heteroatoms. The Hall–Kier alpha value is -4.08. The van der Waals surface area contributed by atoms with Crippen molar-refractivity contribution in [2.75, 3.05) is 13.1 Å². The number of nitrogens with zero attached hydrogens (tertiary/aromatic N) is 4. The first kappa shape index (κ1) is 21.2. The Morgan fingerprint density at radius 2 is 1.86 bits per heavy atom. The Kier molecular flexibility index (Phi) is 5.22. The van der Waals surface area contributed by atoms with E-state index in [2.05, 4.69) is 48.4 Å². The van der Waals surface area contributed by atoms with Gasteiger partial charge in [-0.05, 0) is 72.6 Å². The highest BCUT2D eigenvalue weighted by atomic mass is 32.1. The number of rotatable bonds is 5. The molecule has 1 aromatic carbocycles. The fourth-order valence-corrected chi connectivity index (χ4v) is 5.40. The Morgan fingerprint density at radius 3 is 2.75 bits per heavy atom. The van der Waals surface area contributed by atoms with Crippen molar-refractivity contribution < 1.29 is 4.74 Å². The van der Waals surface area contributed by atoms with Crippen molar-refractivity contribution in [2.24, 2.45) is 0 Å². The van der Waals surface area contributed by atoms with Crippen LogP contribution < -0.4 is 10.1 Å². The van der Waals surface area contributed by atoms with Gasteiger partial charge in [-0.3, -0.25) is 10.1 Å². The third-order valence-corrected chi connectivity index (χ3v) is 7.26. The molecule has 1 aliphatic rings. The van der Waals surface area contributed by atoms with E-state index in [9.17, 15) is 0 Å². The fraction of sp³-hybridized carbons (Fsp3) is 0.185. The van der Waals surface area contributed by atoms with Crippen LogP contribution in [0.5, 0.6) is 5.75 Å². The Bertz CT molecular complexity index is 1660. The lowest BCUT2D eigenvalue weighted by Crippen LogP contribution is -2.34. The van der Waals surface area contributed by atoms with Gasteiger partial charge in [-0.25, -0.2) is 9.97 Å². The van der Waals surface area contributed by atoms with E-state index >= 15 is 0 Å². The van der Waals surface area contributed by atoms with E-state index in [0.29, 0.717) is 11.5 Å². The summed E-state index contributed by atoms with van der Waals surface area (Å²) in [6.07, 6.45) is 5.80. The second kappa shape index (κ2) is 8.85. The highest BCUT2D eigenvalue weighted by molar-refractivity contribution is 7.08. The van der Waals surface area contributed by atoms with Crippen molar-refractivity contribution in [3.63, 3.8) is 0 Å². The third kappa shape index (κ3) is 3.82. The number of piperidine rings is 1. The molecule has 6 heterocycles. The molecule has 178 valence electrons. The third-order valence-electron chi connectivity index (χ3n) is 6.57. The molecule has 0 bridgehead atoms. The predicted octanol–water partition coefficient (Wildman–Crippen LogP) is 5.42. The van der Waals surface area contributed by atoms with E-state index in [-0.39, 0.29) is 6.10 Å². The van der Waals surface area contributed by atoms with Gasteiger partial charge in [-0.15, -0.1) is 0 Å². The van der Waals surface area contributed by atoms with Crippen molar-refractivity contribution >= 4 is 33.4 Å². The SMILES string of the molecule is c1cc(-c2ccsc2)c2nc(-c3n[nH]c4ccc(-c5cncc(OC6CCNCC6)c5)nc34)[nH]c2c1. The number of nitrogens with one attached hydrogen (secondary N) is 3. The second-order valence-electron chi connectivity index (χ2n) is 8.94. The van der Waals surface area contributed by atoms with Crippen molar-refractivity contribution in [1.29, 1.82) is 0 Å². The average molecular weight is 494 g/mol. The summed E-state index contributed by atoms with van der Waals surface area (Å²) in [4.78, 5) is 17.7. The Morgan fingerprint density at radius 1 is 0.917 bits per heavy atom. The van der Waals surface area contributed by atoms with Crippen LogP contribution in [0.4, 0.5) is 0 Å². The molecular formula is C27H23N7OS. The van der Waals surface area contributed by atoms with E-state index in [4.69, 9.17) is 14.7 Å². The van der Waals surface area contributed by atoms with Gasteiger partial charge in [0.1, 0.15) is 17.4 Å². The van der Waals surface area contributed by atoms with Crippen LogP contribution >= 0.6 is 11.3 Å². The fourth-order valence-electron chi connectivity index (χ4n) is 4.75. The van der Waals surface area contributed by atoms with Crippen molar-refractivity contribution in [3.8, 4) is 39.7 Å². The van der Waals surface area contributed by atoms with Gasteiger partial charge in [0.2, 0.25) is 0 Å². The minimum Gasteiger partial charge on any atom is -0.489 e. The van der Waals surface area contributed by atoms with E-state index < -0.39 is 0 Å². The van der Waals surface area contributed by atoms with Crippen LogP contribution in [-0.4, -0.2) is 49.3 Å². The summed E-state index contributed by atoms with van der Waals surface area (Å²) in [6.45, 7) is 1.96. The standard InChI is InChI=1S/C27H23N7OS/c1-2-20(16-8-11-36-15-16)24-22(3-1)31-27(32-24)26-25-23(33-34-26)5-4-21(30-25)17-12-19(14-29-13-17)35-18-6-9-28-10-7-18/h1-5,8,11-15,18,28H,6-7,9-10H2,(H,31,32)(H,33,34). The molecule has 0 atom stereocenters. The van der Waals surface area contributed by atoms with Crippen molar-refractivity contribution in [2.45, 2.75) is 18.9 Å². The van der Waals surface area contributed by atoms with E-state index in [1.807, 2.05) is 36.5 Å². The molecule has 7 rings (SSSR count). The lowest BCUT2D eigenvalue weighted by molar-refractivity contribution is 0.162. The molecule has 1 saturated heterocycles.